The first-order valence-corrected chi connectivity index (χ1v) is 7.64. The third-order valence-electron chi connectivity index (χ3n) is 3.04. The fourth-order valence-electron chi connectivity index (χ4n) is 1.94. The molecule has 0 radical (unpaired) electrons. The summed E-state index contributed by atoms with van der Waals surface area (Å²) >= 11 is 1.61. The lowest BCUT2D eigenvalue weighted by Crippen LogP contribution is -2.40. The van der Waals surface area contributed by atoms with Crippen LogP contribution >= 0.6 is 11.3 Å². The van der Waals surface area contributed by atoms with E-state index in [2.05, 4.69) is 6.58 Å². The smallest absolute Gasteiger partial charge is 0.307 e. The number of carbonyl (C=O) groups is 2. The maximum atomic E-state index is 12.3. The van der Waals surface area contributed by atoms with E-state index in [1.54, 1.807) is 41.2 Å². The van der Waals surface area contributed by atoms with Crippen molar-refractivity contribution in [2.24, 2.45) is 5.92 Å². The fraction of sp³-hybridized carbons (Fsp3) is 0.467. The lowest BCUT2D eigenvalue weighted by atomic mass is 10.2. The summed E-state index contributed by atoms with van der Waals surface area (Å²) in [4.78, 5) is 27.7. The van der Waals surface area contributed by atoms with Crippen LogP contribution in [0.4, 0.5) is 0 Å². The van der Waals surface area contributed by atoms with Crippen molar-refractivity contribution < 1.29 is 14.7 Å². The van der Waals surface area contributed by atoms with Crippen molar-refractivity contribution in [3.05, 3.63) is 35.0 Å². The van der Waals surface area contributed by atoms with Crippen LogP contribution in [0.15, 0.2) is 30.2 Å². The summed E-state index contributed by atoms with van der Waals surface area (Å²) in [5.41, 5.74) is 0. The highest BCUT2D eigenvalue weighted by atomic mass is 32.1. The van der Waals surface area contributed by atoms with E-state index in [4.69, 9.17) is 5.11 Å². The quantitative estimate of drug-likeness (QED) is 0.708. The normalized spacial score (nSPS) is 12.1. The summed E-state index contributed by atoms with van der Waals surface area (Å²) in [6.07, 6.45) is 1.70. The van der Waals surface area contributed by atoms with Crippen molar-refractivity contribution in [2.75, 3.05) is 26.7 Å². The van der Waals surface area contributed by atoms with Crippen LogP contribution in [0.5, 0.6) is 0 Å². The highest BCUT2D eigenvalue weighted by Gasteiger charge is 2.18. The number of likely N-dealkylation sites (N-methyl/N-ethyl adjacent to an activating group) is 1. The molecule has 1 aromatic heterocycles. The zero-order chi connectivity index (χ0) is 15.8. The molecule has 0 saturated carbocycles. The molecule has 0 bridgehead atoms. The number of nitrogens with zero attached hydrogens (tertiary/aromatic N) is 2. The average Bonchev–Trinajstić information content (AvgIpc) is 2.90. The van der Waals surface area contributed by atoms with Gasteiger partial charge in [-0.1, -0.05) is 19.1 Å². The molecule has 1 N–H and O–H groups in total. The number of hydrogen-bond acceptors (Lipinski definition) is 4. The van der Waals surface area contributed by atoms with E-state index in [0.717, 1.165) is 4.88 Å². The molecule has 1 rings (SSSR count). The molecule has 0 spiro atoms. The minimum Gasteiger partial charge on any atom is -0.481 e. The highest BCUT2D eigenvalue weighted by molar-refractivity contribution is 7.09. The Morgan fingerprint density at radius 1 is 1.52 bits per heavy atom. The molecule has 1 unspecified atom stereocenters. The first-order chi connectivity index (χ1) is 9.93. The van der Waals surface area contributed by atoms with E-state index in [9.17, 15) is 9.59 Å². The van der Waals surface area contributed by atoms with Crippen LogP contribution in [0.1, 0.15) is 11.8 Å². The van der Waals surface area contributed by atoms with Crippen molar-refractivity contribution in [3.8, 4) is 0 Å². The zero-order valence-electron chi connectivity index (χ0n) is 12.5. The second kappa shape index (κ2) is 8.59. The molecule has 6 heteroatoms. The highest BCUT2D eigenvalue weighted by Crippen LogP contribution is 2.12. The van der Waals surface area contributed by atoms with Gasteiger partial charge >= 0.3 is 5.97 Å². The molecule has 1 amide bonds. The SMILES string of the molecule is C=CCN(Cc1cccs1)C(=O)CN(C)CC(C)C(=O)O. The predicted molar refractivity (Wildman–Crippen MR) is 84.2 cm³/mol. The molecule has 0 aliphatic rings. The molecule has 1 heterocycles. The Hall–Kier alpha value is -1.66. The Morgan fingerprint density at radius 2 is 2.24 bits per heavy atom. The van der Waals surface area contributed by atoms with Gasteiger partial charge in [0, 0.05) is 18.0 Å². The maximum absolute atomic E-state index is 12.3. The van der Waals surface area contributed by atoms with Gasteiger partial charge in [-0.15, -0.1) is 17.9 Å². The molecule has 1 atom stereocenters. The number of carbonyl (C=O) groups excluding carboxylic acids is 1. The topological polar surface area (TPSA) is 60.9 Å². The van der Waals surface area contributed by atoms with E-state index in [1.807, 2.05) is 17.5 Å². The molecule has 0 fully saturated rings. The third kappa shape index (κ3) is 6.10. The Bertz CT molecular complexity index is 473. The molecule has 21 heavy (non-hydrogen) atoms. The Labute approximate surface area is 129 Å². The summed E-state index contributed by atoms with van der Waals surface area (Å²) in [7, 11) is 1.76. The first kappa shape index (κ1) is 17.4. The number of carboxylic acids is 1. The molecule has 0 aromatic carbocycles. The maximum Gasteiger partial charge on any atom is 0.307 e. The van der Waals surface area contributed by atoms with Crippen molar-refractivity contribution >= 4 is 23.2 Å². The average molecular weight is 310 g/mol. The second-order valence-electron chi connectivity index (χ2n) is 5.08. The minimum absolute atomic E-state index is 0.0246. The van der Waals surface area contributed by atoms with Gasteiger partial charge in [0.25, 0.3) is 0 Å². The van der Waals surface area contributed by atoms with Crippen molar-refractivity contribution in [1.82, 2.24) is 9.80 Å². The van der Waals surface area contributed by atoms with Crippen molar-refractivity contribution in [3.63, 3.8) is 0 Å². The van der Waals surface area contributed by atoms with Crippen LogP contribution in [-0.4, -0.2) is 53.5 Å². The lowest BCUT2D eigenvalue weighted by molar-refractivity contribution is -0.142. The molecular weight excluding hydrogens is 288 g/mol. The largest absolute Gasteiger partial charge is 0.481 e. The summed E-state index contributed by atoms with van der Waals surface area (Å²) in [5.74, 6) is -1.37. The molecule has 0 aliphatic heterocycles. The number of rotatable bonds is 9. The molecule has 0 saturated heterocycles. The Morgan fingerprint density at radius 3 is 2.76 bits per heavy atom. The van der Waals surface area contributed by atoms with Gasteiger partial charge in [-0.3, -0.25) is 14.5 Å². The number of thiophene rings is 1. The van der Waals surface area contributed by atoms with Gasteiger partial charge in [-0.2, -0.15) is 0 Å². The number of amides is 1. The zero-order valence-corrected chi connectivity index (χ0v) is 13.3. The summed E-state index contributed by atoms with van der Waals surface area (Å²) in [5, 5.41) is 10.9. The van der Waals surface area contributed by atoms with Gasteiger partial charge in [-0.25, -0.2) is 0 Å². The number of aliphatic carboxylic acids is 1. The Kier molecular flexibility index (Phi) is 7.11. The van der Waals surface area contributed by atoms with Crippen molar-refractivity contribution in [1.29, 1.82) is 0 Å². The van der Waals surface area contributed by atoms with Crippen LogP contribution < -0.4 is 0 Å². The monoisotopic (exact) mass is 310 g/mol. The lowest BCUT2D eigenvalue weighted by Gasteiger charge is -2.25. The number of hydrogen-bond donors (Lipinski definition) is 1. The van der Waals surface area contributed by atoms with Gasteiger partial charge in [0.05, 0.1) is 19.0 Å². The van der Waals surface area contributed by atoms with Crippen LogP contribution in [-0.2, 0) is 16.1 Å². The van der Waals surface area contributed by atoms with Crippen LogP contribution in [0.25, 0.3) is 0 Å². The van der Waals surface area contributed by atoms with Crippen molar-refractivity contribution in [2.45, 2.75) is 13.5 Å². The van der Waals surface area contributed by atoms with E-state index in [1.165, 1.54) is 0 Å². The summed E-state index contributed by atoms with van der Waals surface area (Å²) in [6.45, 7) is 6.92. The molecule has 116 valence electrons. The van der Waals surface area contributed by atoms with Crippen LogP contribution in [0.2, 0.25) is 0 Å². The van der Waals surface area contributed by atoms with Gasteiger partial charge in [0.15, 0.2) is 0 Å². The molecule has 0 aliphatic carbocycles. The third-order valence-corrected chi connectivity index (χ3v) is 3.90. The minimum atomic E-state index is -0.851. The van der Waals surface area contributed by atoms with E-state index < -0.39 is 11.9 Å². The van der Waals surface area contributed by atoms with Gasteiger partial charge in [0.1, 0.15) is 0 Å². The van der Waals surface area contributed by atoms with Crippen LogP contribution in [0, 0.1) is 5.92 Å². The van der Waals surface area contributed by atoms with Crippen LogP contribution in [0.3, 0.4) is 0 Å². The summed E-state index contributed by atoms with van der Waals surface area (Å²) < 4.78 is 0. The van der Waals surface area contributed by atoms with E-state index >= 15 is 0 Å². The first-order valence-electron chi connectivity index (χ1n) is 6.76. The van der Waals surface area contributed by atoms with Gasteiger partial charge in [0.2, 0.25) is 5.91 Å². The number of carboxylic acid groups (broad SMARTS) is 1. The van der Waals surface area contributed by atoms with E-state index in [-0.39, 0.29) is 12.5 Å². The molecule has 5 nitrogen and oxygen atoms in total. The van der Waals surface area contributed by atoms with Gasteiger partial charge < -0.3 is 10.0 Å². The molecular formula is C15H22N2O3S. The van der Waals surface area contributed by atoms with E-state index in [0.29, 0.717) is 19.6 Å². The second-order valence-corrected chi connectivity index (χ2v) is 6.11. The Balaban J connectivity index is 2.56. The van der Waals surface area contributed by atoms with Gasteiger partial charge in [-0.05, 0) is 18.5 Å². The fourth-order valence-corrected chi connectivity index (χ4v) is 2.66. The molecule has 1 aromatic rings. The standard InChI is InChI=1S/C15H22N2O3S/c1-4-7-17(10-13-6-5-8-21-13)14(18)11-16(3)9-12(2)15(19)20/h4-6,8,12H,1,7,9-11H2,2-3H3,(H,19,20). The summed E-state index contributed by atoms with van der Waals surface area (Å²) in [6, 6.07) is 3.95. The predicted octanol–water partition coefficient (Wildman–Crippen LogP) is 1.92.